The number of aromatic nitrogens is 2. The molecule has 1 aliphatic carbocycles. The number of nitro groups is 1. The number of rotatable bonds is 3. The molecule has 0 saturated heterocycles. The number of hydrogen-bond donors (Lipinski definition) is 1. The maximum Gasteiger partial charge on any atom is 0.259 e. The van der Waals surface area contributed by atoms with Crippen molar-refractivity contribution < 1.29 is 4.92 Å². The van der Waals surface area contributed by atoms with Gasteiger partial charge in [-0.15, -0.1) is 0 Å². The zero-order chi connectivity index (χ0) is 14.8. The molecule has 0 aliphatic heterocycles. The highest BCUT2D eigenvalue weighted by Gasteiger charge is 2.15. The summed E-state index contributed by atoms with van der Waals surface area (Å²) >= 11 is 0. The van der Waals surface area contributed by atoms with Gasteiger partial charge in [0.2, 0.25) is 0 Å². The summed E-state index contributed by atoms with van der Waals surface area (Å²) in [5.41, 5.74) is 1.38. The highest BCUT2D eigenvalue weighted by atomic mass is 16.6. The van der Waals surface area contributed by atoms with Crippen LogP contribution in [0.3, 0.4) is 0 Å². The van der Waals surface area contributed by atoms with Gasteiger partial charge in [0.05, 0.1) is 22.2 Å². The van der Waals surface area contributed by atoms with Crippen molar-refractivity contribution in [2.24, 2.45) is 0 Å². The van der Waals surface area contributed by atoms with Crippen molar-refractivity contribution in [1.82, 2.24) is 9.97 Å². The zero-order valence-electron chi connectivity index (χ0n) is 10.9. The third-order valence-corrected chi connectivity index (χ3v) is 3.20. The molecular weight excluding hydrogens is 270 g/mol. The Morgan fingerprint density at radius 2 is 2.05 bits per heavy atom. The number of allylic oxidation sites excluding steroid dienone is 4. The van der Waals surface area contributed by atoms with Crippen molar-refractivity contribution in [3.63, 3.8) is 0 Å². The van der Waals surface area contributed by atoms with Crippen LogP contribution in [-0.2, 0) is 0 Å². The Morgan fingerprint density at radius 3 is 2.81 bits per heavy atom. The first-order chi connectivity index (χ1) is 10.1. The average Bonchev–Trinajstić information content (AvgIpc) is 2.94. The quantitative estimate of drug-likeness (QED) is 0.691. The van der Waals surface area contributed by atoms with E-state index < -0.39 is 4.92 Å². The Labute approximate surface area is 119 Å². The summed E-state index contributed by atoms with van der Waals surface area (Å²) in [6.45, 7) is 0. The molecule has 0 radical (unpaired) electrons. The largest absolute Gasteiger partial charge is 0.306 e. The second-order valence-corrected chi connectivity index (χ2v) is 4.64. The Bertz CT molecular complexity index is 875. The van der Waals surface area contributed by atoms with Crippen LogP contribution in [0.5, 0.6) is 0 Å². The number of fused-ring (bicyclic) bond motifs is 1. The maximum absolute atomic E-state index is 11.9. The minimum absolute atomic E-state index is 0.162. The van der Waals surface area contributed by atoms with Crippen molar-refractivity contribution in [3.8, 4) is 0 Å². The van der Waals surface area contributed by atoms with Gasteiger partial charge < -0.3 is 4.98 Å². The van der Waals surface area contributed by atoms with Crippen LogP contribution < -0.4 is 5.56 Å². The molecule has 6 heteroatoms. The molecule has 0 bridgehead atoms. The lowest BCUT2D eigenvalue weighted by Crippen LogP contribution is -2.09. The molecule has 0 fully saturated rings. The fraction of sp³-hybridized carbons (Fsp3) is 0.0667. The van der Waals surface area contributed by atoms with Crippen LogP contribution in [0.2, 0.25) is 0 Å². The molecule has 2 aromatic rings. The van der Waals surface area contributed by atoms with Crippen molar-refractivity contribution in [1.29, 1.82) is 0 Å². The maximum atomic E-state index is 11.9. The molecule has 3 rings (SSSR count). The molecule has 104 valence electrons. The lowest BCUT2D eigenvalue weighted by atomic mass is 10.2. The lowest BCUT2D eigenvalue weighted by Gasteiger charge is -1.98. The smallest absolute Gasteiger partial charge is 0.259 e. The summed E-state index contributed by atoms with van der Waals surface area (Å²) in [4.78, 5) is 29.1. The minimum atomic E-state index is -0.395. The van der Waals surface area contributed by atoms with E-state index in [2.05, 4.69) is 9.97 Å². The van der Waals surface area contributed by atoms with E-state index in [1.165, 1.54) is 6.08 Å². The SMILES string of the molecule is O=c1[nH]c(/C=C/C2=CC=C([N+](=O)[O-])C2)nc2ccccc12. The van der Waals surface area contributed by atoms with Crippen LogP contribution in [0.1, 0.15) is 12.2 Å². The molecule has 0 atom stereocenters. The van der Waals surface area contributed by atoms with Gasteiger partial charge in [-0.1, -0.05) is 24.3 Å². The van der Waals surface area contributed by atoms with E-state index in [0.717, 1.165) is 5.57 Å². The molecule has 0 amide bonds. The number of para-hydroxylation sites is 1. The van der Waals surface area contributed by atoms with Gasteiger partial charge in [0, 0.05) is 6.08 Å². The topological polar surface area (TPSA) is 88.9 Å². The predicted molar refractivity (Wildman–Crippen MR) is 79.2 cm³/mol. The number of hydrogen-bond acceptors (Lipinski definition) is 4. The van der Waals surface area contributed by atoms with Crippen molar-refractivity contribution in [2.75, 3.05) is 0 Å². The fourth-order valence-electron chi connectivity index (χ4n) is 2.14. The van der Waals surface area contributed by atoms with E-state index in [9.17, 15) is 14.9 Å². The van der Waals surface area contributed by atoms with Crippen molar-refractivity contribution >= 4 is 17.0 Å². The van der Waals surface area contributed by atoms with Crippen LogP contribution >= 0.6 is 0 Å². The average molecular weight is 281 g/mol. The summed E-state index contributed by atoms with van der Waals surface area (Å²) < 4.78 is 0. The van der Waals surface area contributed by atoms with Crippen molar-refractivity contribution in [2.45, 2.75) is 6.42 Å². The molecule has 1 aromatic carbocycles. The highest BCUT2D eigenvalue weighted by molar-refractivity contribution is 5.77. The number of nitrogens with one attached hydrogen (secondary N) is 1. The molecule has 6 nitrogen and oxygen atoms in total. The summed E-state index contributed by atoms with van der Waals surface area (Å²) in [7, 11) is 0. The Morgan fingerprint density at radius 1 is 1.24 bits per heavy atom. The number of aromatic amines is 1. The first-order valence-electron chi connectivity index (χ1n) is 6.35. The predicted octanol–water partition coefficient (Wildman–Crippen LogP) is 2.43. The van der Waals surface area contributed by atoms with E-state index in [1.54, 1.807) is 36.4 Å². The number of benzene rings is 1. The molecule has 1 aromatic heterocycles. The molecule has 1 aliphatic rings. The van der Waals surface area contributed by atoms with Gasteiger partial charge in [0.1, 0.15) is 5.82 Å². The second-order valence-electron chi connectivity index (χ2n) is 4.64. The summed E-state index contributed by atoms with van der Waals surface area (Å²) in [5, 5.41) is 11.2. The van der Waals surface area contributed by atoms with E-state index in [1.807, 2.05) is 6.07 Å². The Kier molecular flexibility index (Phi) is 3.19. The number of H-pyrrole nitrogens is 1. The normalized spacial score (nSPS) is 14.5. The number of nitrogens with zero attached hydrogens (tertiary/aromatic N) is 2. The minimum Gasteiger partial charge on any atom is -0.306 e. The first kappa shape index (κ1) is 13.0. The molecule has 21 heavy (non-hydrogen) atoms. The molecule has 0 unspecified atom stereocenters. The highest BCUT2D eigenvalue weighted by Crippen LogP contribution is 2.20. The van der Waals surface area contributed by atoms with Gasteiger partial charge in [0.25, 0.3) is 11.3 Å². The van der Waals surface area contributed by atoms with Crippen molar-refractivity contribution in [3.05, 3.63) is 80.1 Å². The monoisotopic (exact) mass is 281 g/mol. The van der Waals surface area contributed by atoms with Crippen LogP contribution in [0.4, 0.5) is 0 Å². The van der Waals surface area contributed by atoms with Gasteiger partial charge in [-0.2, -0.15) is 0 Å². The van der Waals surface area contributed by atoms with E-state index >= 15 is 0 Å². The van der Waals surface area contributed by atoms with E-state index in [-0.39, 0.29) is 17.7 Å². The van der Waals surface area contributed by atoms with Gasteiger partial charge in [-0.3, -0.25) is 14.9 Å². The lowest BCUT2D eigenvalue weighted by molar-refractivity contribution is -0.426. The first-order valence-corrected chi connectivity index (χ1v) is 6.35. The van der Waals surface area contributed by atoms with Crippen LogP contribution in [0, 0.1) is 10.1 Å². The van der Waals surface area contributed by atoms with E-state index in [4.69, 9.17) is 0 Å². The third kappa shape index (κ3) is 2.64. The van der Waals surface area contributed by atoms with Gasteiger partial charge >= 0.3 is 0 Å². The fourth-order valence-corrected chi connectivity index (χ4v) is 2.14. The Balaban J connectivity index is 1.85. The van der Waals surface area contributed by atoms with E-state index in [0.29, 0.717) is 16.7 Å². The summed E-state index contributed by atoms with van der Waals surface area (Å²) in [6.07, 6.45) is 6.82. The second kappa shape index (κ2) is 5.16. The molecule has 1 N–H and O–H groups in total. The van der Waals surface area contributed by atoms with Gasteiger partial charge in [-0.25, -0.2) is 4.98 Å². The van der Waals surface area contributed by atoms with Crippen LogP contribution in [0.25, 0.3) is 17.0 Å². The van der Waals surface area contributed by atoms with Crippen LogP contribution in [0.15, 0.2) is 58.6 Å². The summed E-state index contributed by atoms with van der Waals surface area (Å²) in [5.74, 6) is 0.425. The molecular formula is C15H11N3O3. The summed E-state index contributed by atoms with van der Waals surface area (Å²) in [6, 6.07) is 7.07. The molecule has 0 spiro atoms. The Hall–Kier alpha value is -3.02. The standard InChI is InChI=1S/C15H11N3O3/c19-15-12-3-1-2-4-13(12)16-14(17-15)8-6-10-5-7-11(9-10)18(20)21/h1-8H,9H2,(H,16,17,19)/b8-6+. The zero-order valence-corrected chi connectivity index (χ0v) is 10.9. The molecule has 0 saturated carbocycles. The van der Waals surface area contributed by atoms with Gasteiger partial charge in [0.15, 0.2) is 0 Å². The molecule has 1 heterocycles. The van der Waals surface area contributed by atoms with Crippen LogP contribution in [-0.4, -0.2) is 14.9 Å². The van der Waals surface area contributed by atoms with Gasteiger partial charge in [-0.05, 0) is 23.8 Å². The third-order valence-electron chi connectivity index (χ3n) is 3.20.